The molecule has 3 rings (SSSR count). The van der Waals surface area contributed by atoms with Crippen molar-refractivity contribution in [3.05, 3.63) is 35.1 Å². The SMILES string of the molecule is CCC[C@H]1CC[C@H]([C@H]2CC[C@H](CCc3ccc(C(=O)O)c(F)c3)CC2)CC1. The van der Waals surface area contributed by atoms with Crippen LogP contribution in [-0.2, 0) is 6.42 Å². The van der Waals surface area contributed by atoms with Crippen molar-refractivity contribution < 1.29 is 14.3 Å². The fourth-order valence-electron chi connectivity index (χ4n) is 5.56. The van der Waals surface area contributed by atoms with Crippen molar-refractivity contribution in [2.45, 2.75) is 84.0 Å². The Morgan fingerprint density at radius 2 is 1.52 bits per heavy atom. The predicted molar refractivity (Wildman–Crippen MR) is 107 cm³/mol. The molecule has 150 valence electrons. The second-order valence-electron chi connectivity index (χ2n) is 9.01. The van der Waals surface area contributed by atoms with E-state index in [1.807, 2.05) is 0 Å². The summed E-state index contributed by atoms with van der Waals surface area (Å²) in [4.78, 5) is 10.9. The molecule has 2 aliphatic carbocycles. The van der Waals surface area contributed by atoms with Crippen LogP contribution in [0.2, 0.25) is 0 Å². The van der Waals surface area contributed by atoms with Crippen LogP contribution in [0, 0.1) is 29.5 Å². The largest absolute Gasteiger partial charge is 0.478 e. The van der Waals surface area contributed by atoms with Gasteiger partial charge in [0.2, 0.25) is 0 Å². The molecule has 2 fully saturated rings. The minimum Gasteiger partial charge on any atom is -0.478 e. The third-order valence-corrected chi connectivity index (χ3v) is 7.25. The van der Waals surface area contributed by atoms with Gasteiger partial charge in [0.05, 0.1) is 5.56 Å². The first kappa shape index (κ1) is 20.4. The summed E-state index contributed by atoms with van der Waals surface area (Å²) in [7, 11) is 0. The van der Waals surface area contributed by atoms with Crippen LogP contribution < -0.4 is 0 Å². The number of rotatable bonds is 7. The molecule has 0 spiro atoms. The second kappa shape index (κ2) is 9.71. The van der Waals surface area contributed by atoms with Gasteiger partial charge in [0.15, 0.2) is 0 Å². The molecule has 0 aliphatic heterocycles. The quantitative estimate of drug-likeness (QED) is 0.565. The summed E-state index contributed by atoms with van der Waals surface area (Å²) in [6.07, 6.45) is 15.9. The lowest BCUT2D eigenvalue weighted by Crippen LogP contribution is -2.26. The molecule has 0 unspecified atom stereocenters. The number of carbonyl (C=O) groups is 1. The van der Waals surface area contributed by atoms with Crippen molar-refractivity contribution in [3.63, 3.8) is 0 Å². The molecular weight excluding hydrogens is 339 g/mol. The summed E-state index contributed by atoms with van der Waals surface area (Å²) in [5, 5.41) is 8.92. The molecule has 0 aromatic heterocycles. The second-order valence-corrected chi connectivity index (χ2v) is 9.01. The van der Waals surface area contributed by atoms with E-state index in [0.29, 0.717) is 0 Å². The molecule has 0 atom stereocenters. The summed E-state index contributed by atoms with van der Waals surface area (Å²) in [6.45, 7) is 2.31. The fourth-order valence-corrected chi connectivity index (χ4v) is 5.56. The number of halogens is 1. The van der Waals surface area contributed by atoms with Crippen LogP contribution >= 0.6 is 0 Å². The first-order valence-electron chi connectivity index (χ1n) is 11.1. The van der Waals surface area contributed by atoms with E-state index in [1.165, 1.54) is 76.3 Å². The average Bonchev–Trinajstić information content (AvgIpc) is 2.67. The third-order valence-electron chi connectivity index (χ3n) is 7.25. The molecule has 0 saturated heterocycles. The maximum Gasteiger partial charge on any atom is 0.338 e. The third kappa shape index (κ3) is 5.56. The Bertz CT molecular complexity index is 611. The number of hydrogen-bond acceptors (Lipinski definition) is 1. The summed E-state index contributed by atoms with van der Waals surface area (Å²) >= 11 is 0. The molecule has 2 saturated carbocycles. The monoisotopic (exact) mass is 374 g/mol. The highest BCUT2D eigenvalue weighted by Crippen LogP contribution is 2.42. The van der Waals surface area contributed by atoms with E-state index in [1.54, 1.807) is 6.07 Å². The number of aryl methyl sites for hydroxylation is 1. The van der Waals surface area contributed by atoms with Gasteiger partial charge < -0.3 is 5.11 Å². The van der Waals surface area contributed by atoms with Crippen molar-refractivity contribution in [2.75, 3.05) is 0 Å². The van der Waals surface area contributed by atoms with Gasteiger partial charge in [0.25, 0.3) is 0 Å². The van der Waals surface area contributed by atoms with Crippen LogP contribution in [0.3, 0.4) is 0 Å². The van der Waals surface area contributed by atoms with Crippen LogP contribution in [0.1, 0.15) is 93.5 Å². The van der Waals surface area contributed by atoms with Crippen LogP contribution in [0.15, 0.2) is 18.2 Å². The molecule has 3 heteroatoms. The maximum absolute atomic E-state index is 13.8. The first-order valence-corrected chi connectivity index (χ1v) is 11.1. The molecule has 2 aliphatic rings. The van der Waals surface area contributed by atoms with Crippen molar-refractivity contribution in [1.29, 1.82) is 0 Å². The highest BCUT2D eigenvalue weighted by Gasteiger charge is 2.30. The molecule has 27 heavy (non-hydrogen) atoms. The Balaban J connectivity index is 1.40. The van der Waals surface area contributed by atoms with Gasteiger partial charge in [-0.1, -0.05) is 51.5 Å². The summed E-state index contributed by atoms with van der Waals surface area (Å²) in [6, 6.07) is 4.58. The van der Waals surface area contributed by atoms with Gasteiger partial charge in [-0.15, -0.1) is 0 Å². The molecule has 0 radical (unpaired) electrons. The summed E-state index contributed by atoms with van der Waals surface area (Å²) in [5.74, 6) is 1.85. The van der Waals surface area contributed by atoms with Gasteiger partial charge in [0.1, 0.15) is 5.82 Å². The molecule has 0 bridgehead atoms. The fraction of sp³-hybridized carbons (Fsp3) is 0.708. The maximum atomic E-state index is 13.8. The number of hydrogen-bond donors (Lipinski definition) is 1. The molecule has 1 aromatic carbocycles. The first-order chi connectivity index (χ1) is 13.1. The standard InChI is InChI=1S/C24H35FO2/c1-2-3-17-6-11-20(12-7-17)21-13-8-18(9-14-21)4-5-19-10-15-22(24(26)27)23(25)16-19/h10,15-18,20-21H,2-9,11-14H2,1H3,(H,26,27)/t17-,18-,20-,21-. The minimum absolute atomic E-state index is 0.229. The Labute approximate surface area is 163 Å². The van der Waals surface area contributed by atoms with E-state index in [0.717, 1.165) is 42.1 Å². The van der Waals surface area contributed by atoms with Crippen LogP contribution in [-0.4, -0.2) is 11.1 Å². The zero-order valence-corrected chi connectivity index (χ0v) is 16.8. The van der Waals surface area contributed by atoms with E-state index in [9.17, 15) is 9.18 Å². The van der Waals surface area contributed by atoms with Gasteiger partial charge in [-0.3, -0.25) is 0 Å². The van der Waals surface area contributed by atoms with E-state index in [4.69, 9.17) is 5.11 Å². The Morgan fingerprint density at radius 3 is 2.00 bits per heavy atom. The molecule has 1 aromatic rings. The molecule has 1 N–H and O–H groups in total. The summed E-state index contributed by atoms with van der Waals surface area (Å²) < 4.78 is 13.8. The van der Waals surface area contributed by atoms with Gasteiger partial charge in [0, 0.05) is 0 Å². The lowest BCUT2D eigenvalue weighted by atomic mass is 9.68. The number of benzene rings is 1. The lowest BCUT2D eigenvalue weighted by molar-refractivity contribution is 0.0692. The van der Waals surface area contributed by atoms with Gasteiger partial charge in [-0.25, -0.2) is 9.18 Å². The van der Waals surface area contributed by atoms with Crippen molar-refractivity contribution in [3.8, 4) is 0 Å². The zero-order chi connectivity index (χ0) is 19.2. The van der Waals surface area contributed by atoms with Crippen LogP contribution in [0.5, 0.6) is 0 Å². The Hall–Kier alpha value is -1.38. The van der Waals surface area contributed by atoms with E-state index in [2.05, 4.69) is 6.92 Å². The topological polar surface area (TPSA) is 37.3 Å². The molecular formula is C24H35FO2. The molecule has 0 heterocycles. The average molecular weight is 375 g/mol. The van der Waals surface area contributed by atoms with Crippen LogP contribution in [0.25, 0.3) is 0 Å². The van der Waals surface area contributed by atoms with E-state index >= 15 is 0 Å². The van der Waals surface area contributed by atoms with E-state index in [-0.39, 0.29) is 5.56 Å². The van der Waals surface area contributed by atoms with Crippen molar-refractivity contribution in [1.82, 2.24) is 0 Å². The van der Waals surface area contributed by atoms with E-state index < -0.39 is 11.8 Å². The highest BCUT2D eigenvalue weighted by atomic mass is 19.1. The van der Waals surface area contributed by atoms with Gasteiger partial charge in [-0.2, -0.15) is 0 Å². The van der Waals surface area contributed by atoms with Crippen molar-refractivity contribution >= 4 is 5.97 Å². The highest BCUT2D eigenvalue weighted by molar-refractivity contribution is 5.87. The smallest absolute Gasteiger partial charge is 0.338 e. The lowest BCUT2D eigenvalue weighted by Gasteiger charge is -2.38. The Morgan fingerprint density at radius 1 is 0.963 bits per heavy atom. The molecule has 0 amide bonds. The van der Waals surface area contributed by atoms with Gasteiger partial charge >= 0.3 is 5.97 Å². The van der Waals surface area contributed by atoms with Crippen LogP contribution in [0.4, 0.5) is 4.39 Å². The van der Waals surface area contributed by atoms with Gasteiger partial charge in [-0.05, 0) is 79.9 Å². The number of carboxylic acid groups (broad SMARTS) is 1. The normalized spacial score (nSPS) is 28.8. The summed E-state index contributed by atoms with van der Waals surface area (Å²) in [5.41, 5.74) is 0.696. The number of carboxylic acids is 1. The zero-order valence-electron chi connectivity index (χ0n) is 16.8. The predicted octanol–water partition coefficient (Wildman–Crippen LogP) is 6.87. The van der Waals surface area contributed by atoms with Crippen molar-refractivity contribution in [2.24, 2.45) is 23.7 Å². The Kier molecular flexibility index (Phi) is 7.32. The minimum atomic E-state index is -1.19. The number of aromatic carboxylic acids is 1. The molecule has 2 nitrogen and oxygen atoms in total.